The van der Waals surface area contributed by atoms with Gasteiger partial charge in [-0.1, -0.05) is 69.9 Å². The molecule has 0 saturated heterocycles. The van der Waals surface area contributed by atoms with Crippen LogP contribution in [0.1, 0.15) is 63.5 Å². The Morgan fingerprint density at radius 2 is 1.59 bits per heavy atom. The molecule has 0 N–H and O–H groups in total. The van der Waals surface area contributed by atoms with Crippen LogP contribution in [-0.2, 0) is 16.6 Å². The number of ether oxygens (including phenoxy) is 1. The predicted molar refractivity (Wildman–Crippen MR) is 164 cm³/mol. The Morgan fingerprint density at radius 3 is 2.15 bits per heavy atom. The van der Waals surface area contributed by atoms with Gasteiger partial charge in [0.05, 0.1) is 18.3 Å². The monoisotopic (exact) mass is 566 g/mol. The highest BCUT2D eigenvalue weighted by molar-refractivity contribution is 7.98. The summed E-state index contributed by atoms with van der Waals surface area (Å²) in [6.07, 6.45) is 7.63. The molecule has 210 valence electrons. The molecule has 0 atom stereocenters. The Labute approximate surface area is 239 Å². The molecule has 0 aliphatic carbocycles. The molecule has 0 saturated carbocycles. The first kappa shape index (κ1) is 29.5. The summed E-state index contributed by atoms with van der Waals surface area (Å²) in [6, 6.07) is 22.1. The molecule has 1 aliphatic heterocycles. The van der Waals surface area contributed by atoms with Gasteiger partial charge in [0.1, 0.15) is 10.6 Å². The van der Waals surface area contributed by atoms with Crippen LogP contribution in [0.3, 0.4) is 0 Å². The highest BCUT2D eigenvalue weighted by Crippen LogP contribution is 2.46. The number of para-hydroxylation sites is 1. The molecule has 0 unspecified atom stereocenters. The SMILES string of the molecule is CCCCC1(CCCC)CN(c2ccccc2)c2cc(SC)c(C)cc2S(=O)(=O)N1Cc1ccc(OC)cc1. The third-order valence-electron chi connectivity index (χ3n) is 7.86. The first-order valence-corrected chi connectivity index (χ1v) is 16.6. The Hall–Kier alpha value is -2.48. The molecule has 5 nitrogen and oxygen atoms in total. The van der Waals surface area contributed by atoms with Crippen LogP contribution in [0.15, 0.2) is 76.5 Å². The summed E-state index contributed by atoms with van der Waals surface area (Å²) >= 11 is 1.66. The minimum absolute atomic E-state index is 0.325. The second kappa shape index (κ2) is 12.8. The van der Waals surface area contributed by atoms with Crippen molar-refractivity contribution < 1.29 is 13.2 Å². The van der Waals surface area contributed by atoms with Gasteiger partial charge in [0.2, 0.25) is 10.0 Å². The van der Waals surface area contributed by atoms with E-state index in [4.69, 9.17) is 4.74 Å². The minimum Gasteiger partial charge on any atom is -0.497 e. The van der Waals surface area contributed by atoms with Crippen molar-refractivity contribution in [1.82, 2.24) is 4.31 Å². The number of methoxy groups -OCH3 is 1. The number of unbranched alkanes of at least 4 members (excludes halogenated alkanes) is 2. The number of aryl methyl sites for hydroxylation is 1. The molecular weight excluding hydrogens is 524 g/mol. The van der Waals surface area contributed by atoms with Crippen LogP contribution in [-0.4, -0.2) is 38.2 Å². The summed E-state index contributed by atoms with van der Waals surface area (Å²) in [5, 5.41) is 0. The van der Waals surface area contributed by atoms with E-state index >= 15 is 0 Å². The molecule has 39 heavy (non-hydrogen) atoms. The molecule has 1 heterocycles. The van der Waals surface area contributed by atoms with E-state index in [2.05, 4.69) is 43.2 Å². The molecule has 0 amide bonds. The third-order valence-corrected chi connectivity index (χ3v) is 10.7. The predicted octanol–water partition coefficient (Wildman–Crippen LogP) is 8.19. The fraction of sp³-hybridized carbons (Fsp3) is 0.438. The smallest absolute Gasteiger partial charge is 0.246 e. The zero-order valence-corrected chi connectivity index (χ0v) is 25.6. The lowest BCUT2D eigenvalue weighted by Crippen LogP contribution is -2.55. The minimum atomic E-state index is -3.84. The van der Waals surface area contributed by atoms with Gasteiger partial charge in [-0.15, -0.1) is 11.8 Å². The van der Waals surface area contributed by atoms with E-state index in [1.54, 1.807) is 18.9 Å². The van der Waals surface area contributed by atoms with E-state index in [1.807, 2.05) is 59.8 Å². The van der Waals surface area contributed by atoms with Gasteiger partial charge in [0.15, 0.2) is 0 Å². The third kappa shape index (κ3) is 6.16. The van der Waals surface area contributed by atoms with Crippen molar-refractivity contribution in [3.05, 3.63) is 77.9 Å². The zero-order valence-electron chi connectivity index (χ0n) is 23.9. The molecule has 3 aromatic rings. The van der Waals surface area contributed by atoms with Crippen molar-refractivity contribution in [2.45, 2.75) is 81.2 Å². The van der Waals surface area contributed by atoms with Crippen molar-refractivity contribution in [2.75, 3.05) is 24.8 Å². The number of thioether (sulfide) groups is 1. The van der Waals surface area contributed by atoms with Gasteiger partial charge in [-0.3, -0.25) is 0 Å². The lowest BCUT2D eigenvalue weighted by Gasteiger charge is -2.44. The fourth-order valence-corrected chi connectivity index (χ4v) is 8.33. The van der Waals surface area contributed by atoms with E-state index in [0.717, 1.165) is 71.7 Å². The second-order valence-corrected chi connectivity index (χ2v) is 13.2. The van der Waals surface area contributed by atoms with Gasteiger partial charge in [-0.25, -0.2) is 8.42 Å². The van der Waals surface area contributed by atoms with E-state index in [-0.39, 0.29) is 0 Å². The van der Waals surface area contributed by atoms with Crippen LogP contribution in [0.25, 0.3) is 0 Å². The van der Waals surface area contributed by atoms with Crippen molar-refractivity contribution in [3.8, 4) is 5.75 Å². The van der Waals surface area contributed by atoms with Crippen molar-refractivity contribution in [2.24, 2.45) is 0 Å². The first-order valence-electron chi connectivity index (χ1n) is 14.0. The standard InChI is InChI=1S/C32H42N2O3S2/c1-6-8-19-32(20-9-7-2)24-33(27-13-11-10-12-14-27)29-22-30(38-5)25(3)21-31(29)39(35,36)34(32)23-26-15-17-28(37-4)18-16-26/h10-18,21-22H,6-9,19-20,23-24H2,1-5H3. The summed E-state index contributed by atoms with van der Waals surface area (Å²) in [4.78, 5) is 3.76. The quantitative estimate of drug-likeness (QED) is 0.219. The summed E-state index contributed by atoms with van der Waals surface area (Å²) in [6.45, 7) is 7.31. The summed E-state index contributed by atoms with van der Waals surface area (Å²) in [5.74, 6) is 0.765. The lowest BCUT2D eigenvalue weighted by molar-refractivity contribution is 0.153. The van der Waals surface area contributed by atoms with Crippen molar-refractivity contribution in [3.63, 3.8) is 0 Å². The summed E-state index contributed by atoms with van der Waals surface area (Å²) < 4.78 is 37.0. The molecule has 0 bridgehead atoms. The topological polar surface area (TPSA) is 49.9 Å². The second-order valence-electron chi connectivity index (χ2n) is 10.5. The van der Waals surface area contributed by atoms with E-state index in [0.29, 0.717) is 18.0 Å². The summed E-state index contributed by atoms with van der Waals surface area (Å²) in [5.41, 5.74) is 3.17. The number of benzene rings is 3. The van der Waals surface area contributed by atoms with E-state index in [9.17, 15) is 8.42 Å². The molecule has 0 aromatic heterocycles. The molecule has 7 heteroatoms. The first-order chi connectivity index (χ1) is 18.8. The number of fused-ring (bicyclic) bond motifs is 1. The van der Waals surface area contributed by atoms with Gasteiger partial charge < -0.3 is 9.64 Å². The number of anilines is 2. The van der Waals surface area contributed by atoms with Crippen LogP contribution in [0, 0.1) is 6.92 Å². The number of hydrogen-bond acceptors (Lipinski definition) is 5. The van der Waals surface area contributed by atoms with Gasteiger partial charge in [-0.2, -0.15) is 4.31 Å². The zero-order chi connectivity index (χ0) is 28.0. The molecule has 0 radical (unpaired) electrons. The highest BCUT2D eigenvalue weighted by atomic mass is 32.2. The molecule has 1 aliphatic rings. The van der Waals surface area contributed by atoms with Gasteiger partial charge in [0, 0.05) is 23.7 Å². The lowest BCUT2D eigenvalue weighted by atomic mass is 9.85. The normalized spacial score (nSPS) is 16.5. The highest BCUT2D eigenvalue weighted by Gasteiger charge is 2.48. The number of rotatable bonds is 11. The van der Waals surface area contributed by atoms with Crippen LogP contribution in [0.4, 0.5) is 11.4 Å². The maximum atomic E-state index is 14.9. The maximum absolute atomic E-state index is 14.9. The average Bonchev–Trinajstić information content (AvgIpc) is 3.03. The van der Waals surface area contributed by atoms with E-state index in [1.165, 1.54) is 0 Å². The largest absolute Gasteiger partial charge is 0.497 e. The Bertz CT molecular complexity index is 1330. The number of nitrogens with zero attached hydrogens (tertiary/aromatic N) is 2. The van der Waals surface area contributed by atoms with Crippen LogP contribution in [0.2, 0.25) is 0 Å². The molecule has 4 rings (SSSR count). The average molecular weight is 567 g/mol. The molecule has 3 aromatic carbocycles. The maximum Gasteiger partial charge on any atom is 0.246 e. The molecule has 0 fully saturated rings. The Kier molecular flexibility index (Phi) is 9.68. The van der Waals surface area contributed by atoms with Crippen molar-refractivity contribution in [1.29, 1.82) is 0 Å². The molecular formula is C32H42N2O3S2. The van der Waals surface area contributed by atoms with E-state index < -0.39 is 15.6 Å². The molecule has 0 spiro atoms. The number of sulfonamides is 1. The van der Waals surface area contributed by atoms with Gasteiger partial charge in [0.25, 0.3) is 0 Å². The van der Waals surface area contributed by atoms with Crippen molar-refractivity contribution >= 4 is 33.2 Å². The summed E-state index contributed by atoms with van der Waals surface area (Å²) in [7, 11) is -2.19. The van der Waals surface area contributed by atoms with Crippen LogP contribution in [0.5, 0.6) is 5.75 Å². The fourth-order valence-electron chi connectivity index (χ4n) is 5.65. The van der Waals surface area contributed by atoms with Gasteiger partial charge in [-0.05, 0) is 73.5 Å². The Balaban J connectivity index is 1.99. The van der Waals surface area contributed by atoms with Gasteiger partial charge >= 0.3 is 0 Å². The van der Waals surface area contributed by atoms with Crippen LogP contribution < -0.4 is 9.64 Å². The Morgan fingerprint density at radius 1 is 0.949 bits per heavy atom. The van der Waals surface area contributed by atoms with Crippen LogP contribution >= 0.6 is 11.8 Å². The number of hydrogen-bond donors (Lipinski definition) is 0.